The Balaban J connectivity index is 1.68. The summed E-state index contributed by atoms with van der Waals surface area (Å²) in [6.07, 6.45) is 1.78. The maximum Gasteiger partial charge on any atom is 0.224 e. The van der Waals surface area contributed by atoms with Crippen LogP contribution in [0.4, 0.5) is 5.69 Å². The van der Waals surface area contributed by atoms with Crippen LogP contribution in [0, 0.1) is 6.92 Å². The van der Waals surface area contributed by atoms with Crippen LogP contribution in [0.25, 0.3) is 11.4 Å². The van der Waals surface area contributed by atoms with Gasteiger partial charge in [0, 0.05) is 12.1 Å². The highest BCUT2D eigenvalue weighted by molar-refractivity contribution is 8.00. The normalized spacial score (nSPS) is 12.6. The van der Waals surface area contributed by atoms with Gasteiger partial charge in [0.2, 0.25) is 5.88 Å². The zero-order valence-corrected chi connectivity index (χ0v) is 16.7. The van der Waals surface area contributed by atoms with Crippen LogP contribution in [-0.4, -0.2) is 40.5 Å². The first-order chi connectivity index (χ1) is 13.1. The maximum absolute atomic E-state index is 6.14. The molecule has 3 heterocycles. The largest absolute Gasteiger partial charge is 0.496 e. The molecule has 0 fully saturated rings. The summed E-state index contributed by atoms with van der Waals surface area (Å²) in [7, 11) is 3.60. The van der Waals surface area contributed by atoms with Gasteiger partial charge in [0.1, 0.15) is 18.2 Å². The number of hydrogen-bond donors (Lipinski definition) is 0. The predicted octanol–water partition coefficient (Wildman–Crippen LogP) is 3.85. The quantitative estimate of drug-likeness (QED) is 0.613. The lowest BCUT2D eigenvalue weighted by atomic mass is 10.2. The number of rotatable bonds is 4. The van der Waals surface area contributed by atoms with Crippen molar-refractivity contribution in [3.63, 3.8) is 0 Å². The van der Waals surface area contributed by atoms with Crippen molar-refractivity contribution < 1.29 is 9.47 Å². The van der Waals surface area contributed by atoms with Crippen LogP contribution in [0.2, 0.25) is 5.02 Å². The molecule has 0 saturated heterocycles. The van der Waals surface area contributed by atoms with Crippen LogP contribution in [0.15, 0.2) is 35.4 Å². The summed E-state index contributed by atoms with van der Waals surface area (Å²) >= 11 is 7.65. The number of halogens is 1. The van der Waals surface area contributed by atoms with E-state index < -0.39 is 0 Å². The predicted molar refractivity (Wildman–Crippen MR) is 106 cm³/mol. The van der Waals surface area contributed by atoms with Gasteiger partial charge in [-0.1, -0.05) is 11.6 Å². The summed E-state index contributed by atoms with van der Waals surface area (Å²) in [5, 5.41) is 9.16. The molecule has 140 valence electrons. The Bertz CT molecular complexity index is 994. The molecule has 0 saturated carbocycles. The van der Waals surface area contributed by atoms with Crippen molar-refractivity contribution >= 4 is 29.2 Å². The number of anilines is 1. The fraction of sp³-hybridized carbons (Fsp3) is 0.278. The Morgan fingerprint density at radius 1 is 1.30 bits per heavy atom. The van der Waals surface area contributed by atoms with Gasteiger partial charge in [-0.15, -0.1) is 10.2 Å². The average molecular weight is 404 g/mol. The lowest BCUT2D eigenvalue weighted by molar-refractivity contribution is 0.294. The topological polar surface area (TPSA) is 65.3 Å². The van der Waals surface area contributed by atoms with Gasteiger partial charge in [0.15, 0.2) is 5.82 Å². The van der Waals surface area contributed by atoms with Crippen molar-refractivity contribution in [3.8, 4) is 23.0 Å². The van der Waals surface area contributed by atoms with E-state index in [4.69, 9.17) is 21.1 Å². The molecule has 1 aliphatic heterocycles. The highest BCUT2D eigenvalue weighted by atomic mass is 35.5. The smallest absolute Gasteiger partial charge is 0.224 e. The Morgan fingerprint density at radius 3 is 2.96 bits per heavy atom. The van der Waals surface area contributed by atoms with Gasteiger partial charge in [0.05, 0.1) is 36.0 Å². The third-order valence-electron chi connectivity index (χ3n) is 4.29. The zero-order valence-electron chi connectivity index (χ0n) is 15.1. The molecule has 0 aliphatic carbocycles. The molecule has 0 amide bonds. The summed E-state index contributed by atoms with van der Waals surface area (Å²) in [5.41, 5.74) is 1.73. The summed E-state index contributed by atoms with van der Waals surface area (Å²) < 4.78 is 15.3. The first-order valence-corrected chi connectivity index (χ1v) is 9.50. The monoisotopic (exact) mass is 403 g/mol. The van der Waals surface area contributed by atoms with Crippen LogP contribution in [-0.2, 0) is 6.54 Å². The molecule has 0 bridgehead atoms. The van der Waals surface area contributed by atoms with Crippen LogP contribution in [0.1, 0.15) is 5.82 Å². The fourth-order valence-electron chi connectivity index (χ4n) is 2.89. The van der Waals surface area contributed by atoms with Crippen molar-refractivity contribution in [3.05, 3.63) is 41.3 Å². The van der Waals surface area contributed by atoms with Crippen LogP contribution < -0.4 is 13.8 Å². The minimum Gasteiger partial charge on any atom is -0.496 e. The van der Waals surface area contributed by atoms with Gasteiger partial charge in [-0.25, -0.2) is 4.98 Å². The minimum atomic E-state index is 0.537. The summed E-state index contributed by atoms with van der Waals surface area (Å²) in [4.78, 5) is 5.41. The van der Waals surface area contributed by atoms with Gasteiger partial charge in [-0.2, -0.15) is 0 Å². The second-order valence-electron chi connectivity index (χ2n) is 6.00. The van der Waals surface area contributed by atoms with Gasteiger partial charge >= 0.3 is 0 Å². The molecule has 4 rings (SSSR count). The molecule has 0 N–H and O–H groups in total. The number of fused-ring (bicyclic) bond motifs is 3. The average Bonchev–Trinajstić information content (AvgIpc) is 2.92. The lowest BCUT2D eigenvalue weighted by Gasteiger charge is -2.20. The van der Waals surface area contributed by atoms with Crippen molar-refractivity contribution in [1.82, 2.24) is 19.7 Å². The van der Waals surface area contributed by atoms with E-state index >= 15 is 0 Å². The number of nitrogens with zero attached hydrogens (tertiary/aromatic N) is 5. The number of benzene rings is 1. The third-order valence-corrected chi connectivity index (χ3v) is 5.53. The molecule has 0 spiro atoms. The van der Waals surface area contributed by atoms with Crippen molar-refractivity contribution in [2.45, 2.75) is 18.4 Å². The number of ether oxygens (including phenoxy) is 2. The summed E-state index contributed by atoms with van der Waals surface area (Å²) in [5.74, 6) is 2.97. The van der Waals surface area contributed by atoms with Crippen molar-refractivity contribution in [1.29, 1.82) is 0 Å². The molecule has 1 aromatic carbocycles. The molecule has 0 atom stereocenters. The molecule has 0 radical (unpaired) electrons. The molecular formula is C18H18ClN5O2S. The second-order valence-corrected chi connectivity index (χ2v) is 7.61. The van der Waals surface area contributed by atoms with E-state index in [1.54, 1.807) is 19.4 Å². The molecule has 1 aliphatic rings. The van der Waals surface area contributed by atoms with E-state index in [1.165, 1.54) is 11.9 Å². The van der Waals surface area contributed by atoms with E-state index in [2.05, 4.69) is 15.2 Å². The molecule has 3 aromatic rings. The number of aryl methyl sites for hydroxylation is 1. The summed E-state index contributed by atoms with van der Waals surface area (Å²) in [6.45, 7) is 3.17. The molecule has 2 aromatic heterocycles. The zero-order chi connectivity index (χ0) is 19.0. The Hall–Kier alpha value is -2.45. The molecular weight excluding hydrogens is 386 g/mol. The van der Waals surface area contributed by atoms with Crippen molar-refractivity contribution in [2.24, 2.45) is 0 Å². The van der Waals surface area contributed by atoms with Gasteiger partial charge in [-0.3, -0.25) is 0 Å². The van der Waals surface area contributed by atoms with Crippen molar-refractivity contribution in [2.75, 3.05) is 25.1 Å². The maximum atomic E-state index is 6.14. The van der Waals surface area contributed by atoms with E-state index in [1.807, 2.05) is 41.0 Å². The molecule has 7 nitrogen and oxygen atoms in total. The van der Waals surface area contributed by atoms with Crippen LogP contribution in [0.5, 0.6) is 11.6 Å². The van der Waals surface area contributed by atoms with Crippen LogP contribution in [0.3, 0.4) is 0 Å². The molecule has 0 unspecified atom stereocenters. The Morgan fingerprint density at radius 2 is 2.15 bits per heavy atom. The highest BCUT2D eigenvalue weighted by Crippen LogP contribution is 2.38. The molecule has 27 heavy (non-hydrogen) atoms. The SMILES string of the molecule is COc1ccc(Cl)cc1SN(C)c1cnc2c(c1)-c1nnc(C)n1CCO2. The number of pyridine rings is 1. The van der Waals surface area contributed by atoms with E-state index in [-0.39, 0.29) is 0 Å². The number of hydrogen-bond acceptors (Lipinski definition) is 7. The Labute approximate surface area is 166 Å². The lowest BCUT2D eigenvalue weighted by Crippen LogP contribution is -2.08. The number of methoxy groups -OCH3 is 1. The summed E-state index contributed by atoms with van der Waals surface area (Å²) in [6, 6.07) is 7.55. The first-order valence-electron chi connectivity index (χ1n) is 8.35. The van der Waals surface area contributed by atoms with E-state index in [0.29, 0.717) is 24.1 Å². The van der Waals surface area contributed by atoms with Gasteiger partial charge in [-0.05, 0) is 43.1 Å². The fourth-order valence-corrected chi connectivity index (χ4v) is 4.05. The van der Waals surface area contributed by atoms with E-state index in [9.17, 15) is 0 Å². The van der Waals surface area contributed by atoms with Crippen LogP contribution >= 0.6 is 23.5 Å². The van der Waals surface area contributed by atoms with Gasteiger partial charge < -0.3 is 18.3 Å². The van der Waals surface area contributed by atoms with Gasteiger partial charge in [0.25, 0.3) is 0 Å². The van der Waals surface area contributed by atoms with E-state index in [0.717, 1.165) is 33.5 Å². The first kappa shape index (κ1) is 17.9. The Kier molecular flexibility index (Phi) is 4.84. The third kappa shape index (κ3) is 3.42. The molecule has 9 heteroatoms. The standard InChI is InChI=1S/C18H18ClN5O2S/c1-11-21-22-17-14-9-13(10-20-18(14)26-7-6-24(11)17)23(2)27-16-8-12(19)4-5-15(16)25-3/h4-5,8-10H,6-7H2,1-3H3. The minimum absolute atomic E-state index is 0.537. The second kappa shape index (κ2) is 7.28. The highest BCUT2D eigenvalue weighted by Gasteiger charge is 2.22. The number of aromatic nitrogens is 4.